The van der Waals surface area contributed by atoms with Crippen LogP contribution in [0.5, 0.6) is 17.2 Å². The maximum Gasteiger partial charge on any atom is 0.329 e. The number of hydrogen-bond donors (Lipinski definition) is 1. The first-order chi connectivity index (χ1) is 18.8. The topological polar surface area (TPSA) is 117 Å². The molecule has 3 heterocycles. The van der Waals surface area contributed by atoms with Crippen molar-refractivity contribution in [3.63, 3.8) is 0 Å². The minimum absolute atomic E-state index is 0.0134. The Balaban J connectivity index is 1.47. The summed E-state index contributed by atoms with van der Waals surface area (Å²) in [5, 5.41) is 2.65. The van der Waals surface area contributed by atoms with E-state index in [0.29, 0.717) is 18.1 Å². The average molecular weight is 546 g/mol. The average Bonchev–Trinajstić information content (AvgIpc) is 2.94. The van der Waals surface area contributed by atoms with Crippen molar-refractivity contribution in [1.82, 2.24) is 15.0 Å². The van der Waals surface area contributed by atoms with E-state index >= 15 is 0 Å². The van der Waals surface area contributed by atoms with Gasteiger partial charge < -0.3 is 23.7 Å². The third kappa shape index (κ3) is 5.83. The van der Waals surface area contributed by atoms with Crippen LogP contribution >= 0.6 is 0 Å². The summed E-state index contributed by atoms with van der Waals surface area (Å²) in [5.41, 5.74) is 2.12. The smallest absolute Gasteiger partial charge is 0.329 e. The Hall–Kier alpha value is -4.10. The van der Waals surface area contributed by atoms with Crippen molar-refractivity contribution in [3.8, 4) is 17.2 Å². The Labute approximate surface area is 224 Å². The van der Waals surface area contributed by atoms with Crippen molar-refractivity contribution < 1.29 is 37.3 Å². The second-order valence-electron chi connectivity index (χ2n) is 8.57. The number of aromatic nitrogens is 3. The third-order valence-electron chi connectivity index (χ3n) is 6.22. The number of carbonyl (C=O) groups excluding carboxylic acids is 1. The monoisotopic (exact) mass is 545 g/mol. The maximum absolute atomic E-state index is 14.6. The number of nitrogens with zero attached hydrogens (tertiary/aromatic N) is 4. The van der Waals surface area contributed by atoms with Crippen LogP contribution in [0.3, 0.4) is 0 Å². The molecule has 0 spiro atoms. The van der Waals surface area contributed by atoms with Crippen LogP contribution in [0.25, 0.3) is 0 Å². The summed E-state index contributed by atoms with van der Waals surface area (Å²) in [6.45, 7) is 1.93. The molecule has 13 heteroatoms. The molecule has 208 valence electrons. The van der Waals surface area contributed by atoms with Gasteiger partial charge in [-0.2, -0.15) is 0 Å². The number of carbonyl (C=O) groups is 1. The Morgan fingerprint density at radius 1 is 1.05 bits per heavy atom. The fourth-order valence-electron chi connectivity index (χ4n) is 4.25. The van der Waals surface area contributed by atoms with E-state index in [0.717, 1.165) is 30.0 Å². The molecule has 3 aromatic rings. The molecule has 2 amide bonds. The van der Waals surface area contributed by atoms with Gasteiger partial charge >= 0.3 is 6.03 Å². The van der Waals surface area contributed by atoms with Gasteiger partial charge in [0.15, 0.2) is 28.9 Å². The lowest BCUT2D eigenvalue weighted by atomic mass is 10.00. The first-order valence-corrected chi connectivity index (χ1v) is 12.0. The molecule has 0 bridgehead atoms. The normalized spacial score (nSPS) is 12.8. The van der Waals surface area contributed by atoms with Gasteiger partial charge in [-0.25, -0.2) is 28.5 Å². The standard InChI is InChI=1S/C26H29F2N5O6/c1-14-9-18(24(37-4)38-5)31-23-16(14)7-6-8-33(23)26(34)32-25-29-11-15(12-30-25)39-13-17-21(27)19(35-2)10-20(36-3)22(17)28/h9-12,24H,6-8,13H2,1-5H3,(H,29,30,32,34). The molecule has 0 unspecified atom stereocenters. The van der Waals surface area contributed by atoms with Crippen molar-refractivity contribution >= 4 is 17.8 Å². The van der Waals surface area contributed by atoms with Crippen LogP contribution in [0.4, 0.5) is 25.3 Å². The van der Waals surface area contributed by atoms with E-state index in [9.17, 15) is 13.6 Å². The summed E-state index contributed by atoms with van der Waals surface area (Å²) in [5.74, 6) is -1.52. The zero-order chi connectivity index (χ0) is 28.1. The van der Waals surface area contributed by atoms with E-state index in [2.05, 4.69) is 20.3 Å². The van der Waals surface area contributed by atoms with E-state index in [-0.39, 0.29) is 28.8 Å². The van der Waals surface area contributed by atoms with Gasteiger partial charge in [0.25, 0.3) is 0 Å². The van der Waals surface area contributed by atoms with Gasteiger partial charge in [0.2, 0.25) is 12.2 Å². The fourth-order valence-corrected chi connectivity index (χ4v) is 4.25. The van der Waals surface area contributed by atoms with Crippen LogP contribution < -0.4 is 24.4 Å². The van der Waals surface area contributed by atoms with Crippen LogP contribution in [-0.2, 0) is 22.5 Å². The lowest BCUT2D eigenvalue weighted by Crippen LogP contribution is -2.40. The highest BCUT2D eigenvalue weighted by atomic mass is 19.1. The van der Waals surface area contributed by atoms with Gasteiger partial charge in [-0.1, -0.05) is 0 Å². The Kier molecular flexibility index (Phi) is 8.72. The quantitative estimate of drug-likeness (QED) is 0.392. The number of ether oxygens (including phenoxy) is 5. The first kappa shape index (κ1) is 27.9. The predicted molar refractivity (Wildman–Crippen MR) is 136 cm³/mol. The second-order valence-corrected chi connectivity index (χ2v) is 8.57. The van der Waals surface area contributed by atoms with Crippen LogP contribution in [0.15, 0.2) is 24.5 Å². The van der Waals surface area contributed by atoms with E-state index in [1.165, 1.54) is 45.7 Å². The number of benzene rings is 1. The molecule has 0 saturated carbocycles. The summed E-state index contributed by atoms with van der Waals surface area (Å²) in [6.07, 6.45) is 3.43. The van der Waals surface area contributed by atoms with Crippen LogP contribution in [0.2, 0.25) is 0 Å². The molecule has 0 atom stereocenters. The molecule has 2 aromatic heterocycles. The van der Waals surface area contributed by atoms with Crippen molar-refractivity contribution in [2.75, 3.05) is 45.2 Å². The number of rotatable bonds is 9. The molecular formula is C26H29F2N5O6. The van der Waals surface area contributed by atoms with Crippen molar-refractivity contribution in [3.05, 3.63) is 58.5 Å². The SMILES string of the molecule is COc1cc(OC)c(F)c(COc2cnc(NC(=O)N3CCCc4c(C)cc(C(OC)OC)nc43)nc2)c1F. The molecule has 1 aliphatic rings. The second kappa shape index (κ2) is 12.2. The molecule has 11 nitrogen and oxygen atoms in total. The van der Waals surface area contributed by atoms with E-state index in [4.69, 9.17) is 23.7 Å². The van der Waals surface area contributed by atoms with Crippen LogP contribution in [-0.4, -0.2) is 56.0 Å². The fraction of sp³-hybridized carbons (Fsp3) is 0.385. The summed E-state index contributed by atoms with van der Waals surface area (Å²) in [7, 11) is 5.55. The molecule has 4 rings (SSSR count). The molecule has 1 aliphatic heterocycles. The molecule has 0 aliphatic carbocycles. The van der Waals surface area contributed by atoms with Crippen LogP contribution in [0, 0.1) is 18.6 Å². The maximum atomic E-state index is 14.6. The van der Waals surface area contributed by atoms with E-state index in [1.54, 1.807) is 0 Å². The number of fused-ring (bicyclic) bond motifs is 1. The van der Waals surface area contributed by atoms with Gasteiger partial charge in [-0.15, -0.1) is 0 Å². The molecule has 1 N–H and O–H groups in total. The highest BCUT2D eigenvalue weighted by Crippen LogP contribution is 2.33. The summed E-state index contributed by atoms with van der Waals surface area (Å²) >= 11 is 0. The van der Waals surface area contributed by atoms with Gasteiger partial charge in [0.05, 0.1) is 37.9 Å². The molecule has 39 heavy (non-hydrogen) atoms. The number of halogens is 2. The minimum Gasteiger partial charge on any atom is -0.494 e. The van der Waals surface area contributed by atoms with Gasteiger partial charge in [-0.3, -0.25) is 10.2 Å². The van der Waals surface area contributed by atoms with Crippen molar-refractivity contribution in [1.29, 1.82) is 0 Å². The predicted octanol–water partition coefficient (Wildman–Crippen LogP) is 4.33. The highest BCUT2D eigenvalue weighted by molar-refractivity contribution is 6.01. The Bertz CT molecular complexity index is 1310. The van der Waals surface area contributed by atoms with Gasteiger partial charge in [0.1, 0.15) is 12.4 Å². The third-order valence-corrected chi connectivity index (χ3v) is 6.22. The molecule has 0 saturated heterocycles. The summed E-state index contributed by atoms with van der Waals surface area (Å²) in [4.78, 5) is 27.5. The molecule has 1 aromatic carbocycles. The summed E-state index contributed by atoms with van der Waals surface area (Å²) in [6, 6.07) is 2.53. The summed E-state index contributed by atoms with van der Waals surface area (Å²) < 4.78 is 55.1. The number of amides is 2. The number of aryl methyl sites for hydroxylation is 1. The zero-order valence-corrected chi connectivity index (χ0v) is 22.2. The van der Waals surface area contributed by atoms with Gasteiger partial charge in [0, 0.05) is 26.8 Å². The number of pyridine rings is 1. The zero-order valence-electron chi connectivity index (χ0n) is 22.2. The van der Waals surface area contributed by atoms with E-state index in [1.807, 2.05) is 13.0 Å². The van der Waals surface area contributed by atoms with Crippen molar-refractivity contribution in [2.24, 2.45) is 0 Å². The van der Waals surface area contributed by atoms with Crippen LogP contribution in [0.1, 0.15) is 35.1 Å². The first-order valence-electron chi connectivity index (χ1n) is 12.0. The van der Waals surface area contributed by atoms with Crippen molar-refractivity contribution in [2.45, 2.75) is 32.7 Å². The number of hydrogen-bond acceptors (Lipinski definition) is 9. The highest BCUT2D eigenvalue weighted by Gasteiger charge is 2.28. The molecular weight excluding hydrogens is 516 g/mol. The number of nitrogens with one attached hydrogen (secondary N) is 1. The lowest BCUT2D eigenvalue weighted by molar-refractivity contribution is -0.108. The Morgan fingerprint density at radius 3 is 2.28 bits per heavy atom. The number of methoxy groups -OCH3 is 4. The lowest BCUT2D eigenvalue weighted by Gasteiger charge is -2.30. The molecule has 0 radical (unpaired) electrons. The largest absolute Gasteiger partial charge is 0.494 e. The Morgan fingerprint density at radius 2 is 1.69 bits per heavy atom. The van der Waals surface area contributed by atoms with E-state index < -0.39 is 30.6 Å². The number of urea groups is 1. The number of anilines is 2. The van der Waals surface area contributed by atoms with Gasteiger partial charge in [-0.05, 0) is 37.0 Å². The molecule has 0 fully saturated rings. The minimum atomic E-state index is -0.906.